The average molecular weight is 293 g/mol. The first-order valence-corrected chi connectivity index (χ1v) is 7.36. The summed E-state index contributed by atoms with van der Waals surface area (Å²) in [6.45, 7) is 3.00. The third-order valence-electron chi connectivity index (χ3n) is 3.49. The van der Waals surface area contributed by atoms with Gasteiger partial charge in [-0.05, 0) is 37.9 Å². The van der Waals surface area contributed by atoms with Gasteiger partial charge in [0.15, 0.2) is 0 Å². The predicted molar refractivity (Wildman–Crippen MR) is 80.4 cm³/mol. The number of nitrogens with one attached hydrogen (secondary N) is 2. The number of rotatable bonds is 7. The van der Waals surface area contributed by atoms with Gasteiger partial charge in [0.2, 0.25) is 11.8 Å². The molecule has 1 aliphatic heterocycles. The molecule has 1 aromatic rings. The van der Waals surface area contributed by atoms with Gasteiger partial charge in [0.1, 0.15) is 6.61 Å². The number of aromatic nitrogens is 1. The van der Waals surface area contributed by atoms with Crippen LogP contribution in [0.5, 0.6) is 5.88 Å². The Hall–Kier alpha value is -1.66. The van der Waals surface area contributed by atoms with Crippen molar-refractivity contribution in [3.05, 3.63) is 18.3 Å². The number of ether oxygens (including phenoxy) is 2. The zero-order valence-electron chi connectivity index (χ0n) is 12.4. The maximum Gasteiger partial charge on any atom is 0.224 e. The van der Waals surface area contributed by atoms with E-state index < -0.39 is 0 Å². The summed E-state index contributed by atoms with van der Waals surface area (Å²) in [5, 5.41) is 6.18. The number of carbonyl (C=O) groups excluding carboxylic acids is 1. The molecule has 1 fully saturated rings. The summed E-state index contributed by atoms with van der Waals surface area (Å²) in [5.41, 5.74) is 0.702. The Morgan fingerprint density at radius 1 is 1.38 bits per heavy atom. The Bertz CT molecular complexity index is 430. The Kier molecular flexibility index (Phi) is 6.43. The van der Waals surface area contributed by atoms with Crippen LogP contribution in [-0.2, 0) is 9.53 Å². The summed E-state index contributed by atoms with van der Waals surface area (Å²) >= 11 is 0. The first-order chi connectivity index (χ1) is 10.3. The van der Waals surface area contributed by atoms with Crippen molar-refractivity contribution in [2.45, 2.75) is 19.3 Å². The van der Waals surface area contributed by atoms with Gasteiger partial charge in [0.25, 0.3) is 0 Å². The minimum Gasteiger partial charge on any atom is -0.475 e. The van der Waals surface area contributed by atoms with Crippen molar-refractivity contribution in [2.75, 3.05) is 38.7 Å². The summed E-state index contributed by atoms with van der Waals surface area (Å²) in [6.07, 6.45) is 4.33. The molecule has 0 atom stereocenters. The number of hydrogen-bond donors (Lipinski definition) is 2. The lowest BCUT2D eigenvalue weighted by Crippen LogP contribution is -2.30. The van der Waals surface area contributed by atoms with Crippen LogP contribution in [0.4, 0.5) is 5.69 Å². The van der Waals surface area contributed by atoms with Gasteiger partial charge in [-0.25, -0.2) is 4.98 Å². The van der Waals surface area contributed by atoms with Crippen LogP contribution >= 0.6 is 0 Å². The van der Waals surface area contributed by atoms with Crippen molar-refractivity contribution in [2.24, 2.45) is 5.92 Å². The molecule has 0 bridgehead atoms. The van der Waals surface area contributed by atoms with Crippen LogP contribution in [0.25, 0.3) is 0 Å². The molecule has 0 aromatic carbocycles. The highest BCUT2D eigenvalue weighted by molar-refractivity contribution is 5.90. The van der Waals surface area contributed by atoms with E-state index in [0.29, 0.717) is 37.1 Å². The number of nitrogens with zero attached hydrogens (tertiary/aromatic N) is 1. The lowest BCUT2D eigenvalue weighted by atomic mass is 9.94. The van der Waals surface area contributed by atoms with E-state index in [4.69, 9.17) is 9.47 Å². The highest BCUT2D eigenvalue weighted by Gasteiger charge is 2.16. The summed E-state index contributed by atoms with van der Waals surface area (Å²) in [7, 11) is 1.62. The van der Waals surface area contributed by atoms with Crippen LogP contribution in [0, 0.1) is 5.92 Å². The zero-order chi connectivity index (χ0) is 14.9. The van der Waals surface area contributed by atoms with Crippen LogP contribution in [-0.4, -0.2) is 44.3 Å². The molecular formula is C15H23N3O3. The molecule has 0 spiro atoms. The van der Waals surface area contributed by atoms with Crippen LogP contribution in [0.2, 0.25) is 0 Å². The Balaban J connectivity index is 1.75. The molecule has 1 aromatic heterocycles. The summed E-state index contributed by atoms with van der Waals surface area (Å²) in [4.78, 5) is 16.1. The van der Waals surface area contributed by atoms with E-state index in [1.165, 1.54) is 0 Å². The Morgan fingerprint density at radius 3 is 2.86 bits per heavy atom. The highest BCUT2D eigenvalue weighted by atomic mass is 16.5. The molecule has 21 heavy (non-hydrogen) atoms. The quantitative estimate of drug-likeness (QED) is 0.744. The van der Waals surface area contributed by atoms with E-state index in [-0.39, 0.29) is 5.91 Å². The minimum atomic E-state index is 0.0525. The average Bonchev–Trinajstić information content (AvgIpc) is 2.50. The smallest absolute Gasteiger partial charge is 0.224 e. The van der Waals surface area contributed by atoms with Crippen molar-refractivity contribution in [3.8, 4) is 5.88 Å². The van der Waals surface area contributed by atoms with Crippen molar-refractivity contribution >= 4 is 11.6 Å². The predicted octanol–water partition coefficient (Wildman–Crippen LogP) is 1.43. The van der Waals surface area contributed by atoms with Crippen molar-refractivity contribution in [1.29, 1.82) is 0 Å². The summed E-state index contributed by atoms with van der Waals surface area (Å²) in [5.74, 6) is 1.07. The molecule has 6 heteroatoms. The van der Waals surface area contributed by atoms with E-state index in [0.717, 1.165) is 25.9 Å². The molecule has 2 N–H and O–H groups in total. The zero-order valence-corrected chi connectivity index (χ0v) is 12.4. The van der Waals surface area contributed by atoms with Crippen LogP contribution in [0.3, 0.4) is 0 Å². The third-order valence-corrected chi connectivity index (χ3v) is 3.49. The second-order valence-electron chi connectivity index (χ2n) is 5.17. The lowest BCUT2D eigenvalue weighted by molar-refractivity contribution is -0.117. The van der Waals surface area contributed by atoms with Crippen molar-refractivity contribution in [3.63, 3.8) is 0 Å². The molecule has 0 aliphatic carbocycles. The highest BCUT2D eigenvalue weighted by Crippen LogP contribution is 2.17. The molecule has 1 saturated heterocycles. The molecule has 116 valence electrons. The second-order valence-corrected chi connectivity index (χ2v) is 5.17. The third kappa shape index (κ3) is 5.69. The molecule has 2 heterocycles. The van der Waals surface area contributed by atoms with Gasteiger partial charge in [-0.1, -0.05) is 0 Å². The molecule has 0 saturated carbocycles. The molecule has 6 nitrogen and oxygen atoms in total. The fraction of sp³-hybridized carbons (Fsp3) is 0.600. The number of piperidine rings is 1. The SMILES string of the molecule is COCCOc1ccc(NC(=O)CC2CCNCC2)cn1. The lowest BCUT2D eigenvalue weighted by Gasteiger charge is -2.21. The van der Waals surface area contributed by atoms with Gasteiger partial charge in [0.05, 0.1) is 18.5 Å². The molecule has 1 aliphatic rings. The summed E-state index contributed by atoms with van der Waals surface area (Å²) in [6, 6.07) is 3.55. The van der Waals surface area contributed by atoms with Gasteiger partial charge in [-0.2, -0.15) is 0 Å². The van der Waals surface area contributed by atoms with Crippen molar-refractivity contribution in [1.82, 2.24) is 10.3 Å². The number of methoxy groups -OCH3 is 1. The molecular weight excluding hydrogens is 270 g/mol. The largest absolute Gasteiger partial charge is 0.475 e. The fourth-order valence-corrected chi connectivity index (χ4v) is 2.33. The standard InChI is InChI=1S/C15H23N3O3/c1-20-8-9-21-15-3-2-13(11-17-15)18-14(19)10-12-4-6-16-7-5-12/h2-3,11-12,16H,4-10H2,1H3,(H,18,19). The minimum absolute atomic E-state index is 0.0525. The second kappa shape index (κ2) is 8.59. The molecule has 1 amide bonds. The van der Waals surface area contributed by atoms with E-state index >= 15 is 0 Å². The molecule has 2 rings (SSSR count). The van der Waals surface area contributed by atoms with Crippen LogP contribution < -0.4 is 15.4 Å². The summed E-state index contributed by atoms with van der Waals surface area (Å²) < 4.78 is 10.3. The van der Waals surface area contributed by atoms with E-state index in [1.54, 1.807) is 25.4 Å². The Labute approximate surface area is 125 Å². The molecule has 0 radical (unpaired) electrons. The first-order valence-electron chi connectivity index (χ1n) is 7.36. The Morgan fingerprint density at radius 2 is 2.19 bits per heavy atom. The molecule has 0 unspecified atom stereocenters. The van der Waals surface area contributed by atoms with Gasteiger partial charge >= 0.3 is 0 Å². The number of amides is 1. The van der Waals surface area contributed by atoms with E-state index in [2.05, 4.69) is 15.6 Å². The maximum absolute atomic E-state index is 12.0. The van der Waals surface area contributed by atoms with Crippen LogP contribution in [0.15, 0.2) is 18.3 Å². The number of carbonyl (C=O) groups is 1. The first kappa shape index (κ1) is 15.7. The number of anilines is 1. The van der Waals surface area contributed by atoms with Gasteiger partial charge < -0.3 is 20.1 Å². The van der Waals surface area contributed by atoms with E-state index in [9.17, 15) is 4.79 Å². The van der Waals surface area contributed by atoms with Crippen LogP contribution in [0.1, 0.15) is 19.3 Å². The normalized spacial score (nSPS) is 15.7. The van der Waals surface area contributed by atoms with E-state index in [1.807, 2.05) is 0 Å². The van der Waals surface area contributed by atoms with Gasteiger partial charge in [0, 0.05) is 19.6 Å². The fourth-order valence-electron chi connectivity index (χ4n) is 2.33. The topological polar surface area (TPSA) is 72.5 Å². The maximum atomic E-state index is 12.0. The number of hydrogen-bond acceptors (Lipinski definition) is 5. The van der Waals surface area contributed by atoms with Gasteiger partial charge in [-0.3, -0.25) is 4.79 Å². The monoisotopic (exact) mass is 293 g/mol. The van der Waals surface area contributed by atoms with Gasteiger partial charge in [-0.15, -0.1) is 0 Å². The number of pyridine rings is 1. The van der Waals surface area contributed by atoms with Crippen molar-refractivity contribution < 1.29 is 14.3 Å².